The normalized spacial score (nSPS) is 12.2. The lowest BCUT2D eigenvalue weighted by Gasteiger charge is -2.13. The highest BCUT2D eigenvalue weighted by atomic mass is 35.5. The molecule has 3 N–H and O–H groups in total. The number of furan rings is 1. The Bertz CT molecular complexity index is 1460. The molecule has 0 aliphatic rings. The van der Waals surface area contributed by atoms with Gasteiger partial charge in [-0.05, 0) is 61.0 Å². The van der Waals surface area contributed by atoms with Crippen molar-refractivity contribution < 1.29 is 9.21 Å². The summed E-state index contributed by atoms with van der Waals surface area (Å²) in [5, 5.41) is 8.08. The summed E-state index contributed by atoms with van der Waals surface area (Å²) < 4.78 is 7.19. The van der Waals surface area contributed by atoms with E-state index >= 15 is 0 Å². The first kappa shape index (κ1) is 19.9. The number of carbonyl (C=O) groups excluding carboxylic acids is 1. The van der Waals surface area contributed by atoms with Gasteiger partial charge in [0, 0.05) is 11.1 Å². The number of hydrogen-bond acceptors (Lipinski definition) is 4. The molecule has 5 aromatic rings. The monoisotopic (exact) mass is 447 g/mol. The van der Waals surface area contributed by atoms with Crippen molar-refractivity contribution in [2.75, 3.05) is 0 Å². The second-order valence-electron chi connectivity index (χ2n) is 7.36. The number of halogens is 1. The number of amides is 1. The summed E-state index contributed by atoms with van der Waals surface area (Å²) in [7, 11) is 0. The van der Waals surface area contributed by atoms with Crippen molar-refractivity contribution in [3.05, 3.63) is 93.7 Å². The van der Waals surface area contributed by atoms with Crippen LogP contribution in [-0.4, -0.2) is 25.7 Å². The van der Waals surface area contributed by atoms with Crippen LogP contribution in [0.4, 0.5) is 0 Å². The predicted molar refractivity (Wildman–Crippen MR) is 121 cm³/mol. The summed E-state index contributed by atoms with van der Waals surface area (Å²) in [6, 6.07) is 17.6. The molecule has 9 heteroatoms. The first-order valence-corrected chi connectivity index (χ1v) is 10.3. The van der Waals surface area contributed by atoms with Crippen LogP contribution in [0.25, 0.3) is 28.2 Å². The standard InChI is InChI=1S/C23H18ClN5O3/c1-13(14-4-9-17-18(11-14)27-23(31)26-17)25-22(30)19-12-20(21-3-2-10-32-21)29(28-19)16-7-5-15(24)6-8-16/h2-13H,1H3,(H,25,30)(H2,26,27,31)/t13-/m1/s1. The molecule has 160 valence electrons. The number of hydrogen-bond donors (Lipinski definition) is 3. The molecule has 0 spiro atoms. The van der Waals surface area contributed by atoms with Crippen molar-refractivity contribution in [2.45, 2.75) is 13.0 Å². The van der Waals surface area contributed by atoms with Crippen LogP contribution < -0.4 is 11.0 Å². The number of aromatic amines is 2. The summed E-state index contributed by atoms with van der Waals surface area (Å²) in [4.78, 5) is 29.9. The lowest BCUT2D eigenvalue weighted by molar-refractivity contribution is 0.0934. The molecular weight excluding hydrogens is 430 g/mol. The van der Waals surface area contributed by atoms with Crippen LogP contribution in [-0.2, 0) is 0 Å². The Hall–Kier alpha value is -4.04. The molecule has 0 radical (unpaired) electrons. The largest absolute Gasteiger partial charge is 0.463 e. The average molecular weight is 448 g/mol. The van der Waals surface area contributed by atoms with Crippen LogP contribution in [0.15, 0.2) is 76.1 Å². The lowest BCUT2D eigenvalue weighted by Crippen LogP contribution is -2.27. The van der Waals surface area contributed by atoms with Gasteiger partial charge < -0.3 is 19.7 Å². The van der Waals surface area contributed by atoms with E-state index in [4.69, 9.17) is 16.0 Å². The first-order chi connectivity index (χ1) is 15.5. The molecule has 3 aromatic heterocycles. The second-order valence-corrected chi connectivity index (χ2v) is 7.80. The Labute approximate surface area is 186 Å². The van der Waals surface area contributed by atoms with Gasteiger partial charge in [0.1, 0.15) is 5.69 Å². The smallest absolute Gasteiger partial charge is 0.323 e. The number of aromatic nitrogens is 4. The number of nitrogens with one attached hydrogen (secondary N) is 3. The Kier molecular flexibility index (Phi) is 4.91. The fourth-order valence-corrected chi connectivity index (χ4v) is 3.67. The highest BCUT2D eigenvalue weighted by molar-refractivity contribution is 6.30. The van der Waals surface area contributed by atoms with E-state index in [1.165, 1.54) is 0 Å². The van der Waals surface area contributed by atoms with Gasteiger partial charge in [-0.15, -0.1) is 0 Å². The SMILES string of the molecule is C[C@@H](NC(=O)c1cc(-c2ccco2)n(-c2ccc(Cl)cc2)n1)c1ccc2[nH]c(=O)[nH]c2c1. The molecule has 0 aliphatic heterocycles. The third-order valence-corrected chi connectivity index (χ3v) is 5.43. The zero-order chi connectivity index (χ0) is 22.2. The van der Waals surface area contributed by atoms with Crippen LogP contribution in [0.5, 0.6) is 0 Å². The molecular formula is C23H18ClN5O3. The third kappa shape index (κ3) is 3.72. The van der Waals surface area contributed by atoms with Gasteiger partial charge in [-0.25, -0.2) is 9.48 Å². The van der Waals surface area contributed by atoms with Crippen LogP contribution >= 0.6 is 11.6 Å². The second kappa shape index (κ2) is 7.90. The van der Waals surface area contributed by atoms with Crippen LogP contribution in [0, 0.1) is 0 Å². The van der Waals surface area contributed by atoms with Gasteiger partial charge in [0.05, 0.1) is 29.0 Å². The third-order valence-electron chi connectivity index (χ3n) is 5.17. The van der Waals surface area contributed by atoms with Gasteiger partial charge in [0.15, 0.2) is 11.5 Å². The van der Waals surface area contributed by atoms with E-state index in [1.807, 2.05) is 31.2 Å². The summed E-state index contributed by atoms with van der Waals surface area (Å²) in [5.74, 6) is 0.252. The van der Waals surface area contributed by atoms with Gasteiger partial charge in [-0.2, -0.15) is 5.10 Å². The van der Waals surface area contributed by atoms with Gasteiger partial charge in [0.25, 0.3) is 5.91 Å². The van der Waals surface area contributed by atoms with E-state index in [0.717, 1.165) is 11.3 Å². The molecule has 5 rings (SSSR count). The highest BCUT2D eigenvalue weighted by Crippen LogP contribution is 2.26. The van der Waals surface area contributed by atoms with Crippen molar-refractivity contribution >= 4 is 28.5 Å². The molecule has 0 bridgehead atoms. The molecule has 32 heavy (non-hydrogen) atoms. The zero-order valence-corrected chi connectivity index (χ0v) is 17.7. The van der Waals surface area contributed by atoms with E-state index in [9.17, 15) is 9.59 Å². The molecule has 0 unspecified atom stereocenters. The van der Waals surface area contributed by atoms with Gasteiger partial charge in [0.2, 0.25) is 0 Å². The Balaban J connectivity index is 1.45. The van der Waals surface area contributed by atoms with E-state index < -0.39 is 0 Å². The van der Waals surface area contributed by atoms with Gasteiger partial charge in [-0.1, -0.05) is 17.7 Å². The van der Waals surface area contributed by atoms with Gasteiger partial charge >= 0.3 is 5.69 Å². The number of carbonyl (C=O) groups is 1. The van der Waals surface area contributed by atoms with Crippen molar-refractivity contribution in [3.8, 4) is 17.1 Å². The summed E-state index contributed by atoms with van der Waals surface area (Å²) in [6.07, 6.45) is 1.57. The molecule has 0 saturated heterocycles. The maximum Gasteiger partial charge on any atom is 0.323 e. The van der Waals surface area contributed by atoms with E-state index in [0.29, 0.717) is 27.5 Å². The number of H-pyrrole nitrogens is 2. The fourth-order valence-electron chi connectivity index (χ4n) is 3.54. The zero-order valence-electron chi connectivity index (χ0n) is 16.9. The van der Waals surface area contributed by atoms with Crippen LogP contribution in [0.3, 0.4) is 0 Å². The molecule has 8 nitrogen and oxygen atoms in total. The topological polar surface area (TPSA) is 109 Å². The van der Waals surface area contributed by atoms with E-state index in [1.54, 1.807) is 47.3 Å². The van der Waals surface area contributed by atoms with Gasteiger partial charge in [-0.3, -0.25) is 4.79 Å². The number of rotatable bonds is 5. The van der Waals surface area contributed by atoms with E-state index in [2.05, 4.69) is 20.4 Å². The number of benzene rings is 2. The Morgan fingerprint density at radius 3 is 2.62 bits per heavy atom. The predicted octanol–water partition coefficient (Wildman–Crippen LogP) is 4.45. The first-order valence-electron chi connectivity index (χ1n) is 9.90. The number of imidazole rings is 1. The maximum absolute atomic E-state index is 13.0. The van der Waals surface area contributed by atoms with Crippen molar-refractivity contribution in [1.82, 2.24) is 25.1 Å². The van der Waals surface area contributed by atoms with Crippen molar-refractivity contribution in [3.63, 3.8) is 0 Å². The molecule has 0 fully saturated rings. The summed E-state index contributed by atoms with van der Waals surface area (Å²) in [5.41, 5.74) is 3.60. The molecule has 3 heterocycles. The van der Waals surface area contributed by atoms with Crippen LogP contribution in [0.1, 0.15) is 29.0 Å². The molecule has 0 aliphatic carbocycles. The summed E-state index contributed by atoms with van der Waals surface area (Å²) >= 11 is 6.01. The molecule has 2 aromatic carbocycles. The molecule has 0 saturated carbocycles. The maximum atomic E-state index is 13.0. The highest BCUT2D eigenvalue weighted by Gasteiger charge is 2.20. The minimum atomic E-state index is -0.333. The quantitative estimate of drug-likeness (QED) is 0.370. The van der Waals surface area contributed by atoms with E-state index in [-0.39, 0.29) is 23.3 Å². The number of fused-ring (bicyclic) bond motifs is 1. The number of nitrogens with zero attached hydrogens (tertiary/aromatic N) is 2. The molecule has 1 amide bonds. The van der Waals surface area contributed by atoms with Crippen molar-refractivity contribution in [2.24, 2.45) is 0 Å². The van der Waals surface area contributed by atoms with Crippen molar-refractivity contribution in [1.29, 1.82) is 0 Å². The Morgan fingerprint density at radius 2 is 1.88 bits per heavy atom. The molecule has 1 atom stereocenters. The fraction of sp³-hybridized carbons (Fsp3) is 0.0870. The Morgan fingerprint density at radius 1 is 1.09 bits per heavy atom. The minimum Gasteiger partial charge on any atom is -0.463 e. The minimum absolute atomic E-state index is 0.245. The lowest BCUT2D eigenvalue weighted by atomic mass is 10.1. The summed E-state index contributed by atoms with van der Waals surface area (Å²) in [6.45, 7) is 1.87. The average Bonchev–Trinajstić information content (AvgIpc) is 3.52. The van der Waals surface area contributed by atoms with Crippen LogP contribution in [0.2, 0.25) is 5.02 Å².